The molecule has 0 saturated heterocycles. The number of thiol groups is 1. The van der Waals surface area contributed by atoms with E-state index in [0.717, 1.165) is 0 Å². The zero-order chi connectivity index (χ0) is 10.4. The highest BCUT2D eigenvalue weighted by Crippen LogP contribution is 2.06. The quantitative estimate of drug-likeness (QED) is 0.536. The summed E-state index contributed by atoms with van der Waals surface area (Å²) in [5.41, 5.74) is 0. The normalized spacial score (nSPS) is 12.4. The van der Waals surface area contributed by atoms with Gasteiger partial charge in [-0.3, -0.25) is 4.79 Å². The van der Waals surface area contributed by atoms with Crippen LogP contribution in [0, 0.1) is 5.92 Å². The summed E-state index contributed by atoms with van der Waals surface area (Å²) in [5.74, 6) is -0.125. The minimum absolute atomic E-state index is 0.310. The molecule has 0 saturated carbocycles. The van der Waals surface area contributed by atoms with E-state index < -0.39 is 17.3 Å². The van der Waals surface area contributed by atoms with E-state index in [1.165, 1.54) is 7.11 Å². The predicted octanol–water partition coefficient (Wildman–Crippen LogP) is 1.21. The van der Waals surface area contributed by atoms with Crippen LogP contribution < -0.4 is 5.32 Å². The second-order valence-electron chi connectivity index (χ2n) is 3.15. The van der Waals surface area contributed by atoms with Crippen LogP contribution in [0.15, 0.2) is 0 Å². The first-order valence-corrected chi connectivity index (χ1v) is 4.49. The lowest BCUT2D eigenvalue weighted by atomic mass is 10.0. The van der Waals surface area contributed by atoms with Gasteiger partial charge in [0.05, 0.1) is 7.11 Å². The summed E-state index contributed by atoms with van der Waals surface area (Å²) in [6.07, 6.45) is 0.555. The minimum Gasteiger partial charge on any atom is -0.467 e. The van der Waals surface area contributed by atoms with Gasteiger partial charge in [0.25, 0.3) is 5.24 Å². The Morgan fingerprint density at radius 1 is 1.46 bits per heavy atom. The Morgan fingerprint density at radius 3 is 2.31 bits per heavy atom. The molecule has 0 bridgehead atoms. The van der Waals surface area contributed by atoms with Crippen LogP contribution >= 0.6 is 12.6 Å². The monoisotopic (exact) mass is 205 g/mol. The maximum atomic E-state index is 11.1. The molecular formula is C8H15NO3S. The van der Waals surface area contributed by atoms with Crippen molar-refractivity contribution in [3.8, 4) is 0 Å². The molecule has 5 heteroatoms. The zero-order valence-corrected chi connectivity index (χ0v) is 8.93. The third-order valence-electron chi connectivity index (χ3n) is 1.49. The Bertz CT molecular complexity index is 194. The minimum atomic E-state index is -0.588. The Labute approximate surface area is 83.4 Å². The van der Waals surface area contributed by atoms with Crippen LogP contribution in [0.1, 0.15) is 20.3 Å². The maximum Gasteiger partial charge on any atom is 0.328 e. The van der Waals surface area contributed by atoms with Crippen molar-refractivity contribution in [2.45, 2.75) is 26.3 Å². The van der Waals surface area contributed by atoms with Crippen molar-refractivity contribution >= 4 is 23.8 Å². The van der Waals surface area contributed by atoms with Gasteiger partial charge in [0.15, 0.2) is 0 Å². The van der Waals surface area contributed by atoms with Gasteiger partial charge in [0, 0.05) is 0 Å². The van der Waals surface area contributed by atoms with E-state index in [9.17, 15) is 9.59 Å². The van der Waals surface area contributed by atoms with Gasteiger partial charge in [-0.25, -0.2) is 4.79 Å². The summed E-state index contributed by atoms with van der Waals surface area (Å²) in [5, 5.41) is 1.90. The highest BCUT2D eigenvalue weighted by Gasteiger charge is 2.21. The molecule has 0 aliphatic carbocycles. The summed E-state index contributed by atoms with van der Waals surface area (Å²) in [4.78, 5) is 21.7. The molecule has 0 rings (SSSR count). The van der Waals surface area contributed by atoms with Crippen molar-refractivity contribution in [2.24, 2.45) is 5.92 Å². The zero-order valence-electron chi connectivity index (χ0n) is 8.03. The number of amides is 1. The van der Waals surface area contributed by atoms with Gasteiger partial charge in [-0.05, 0) is 12.3 Å². The molecule has 1 unspecified atom stereocenters. The highest BCUT2D eigenvalue weighted by molar-refractivity contribution is 7.96. The molecule has 0 radical (unpaired) electrons. The van der Waals surface area contributed by atoms with Gasteiger partial charge >= 0.3 is 5.97 Å². The fraction of sp³-hybridized carbons (Fsp3) is 0.750. The second-order valence-corrected chi connectivity index (χ2v) is 3.56. The van der Waals surface area contributed by atoms with Crippen LogP contribution in [0.4, 0.5) is 4.79 Å². The fourth-order valence-electron chi connectivity index (χ4n) is 0.977. The molecule has 0 heterocycles. The number of hydrogen-bond acceptors (Lipinski definition) is 3. The molecule has 0 fully saturated rings. The fourth-order valence-corrected chi connectivity index (χ4v) is 1.13. The van der Waals surface area contributed by atoms with E-state index in [4.69, 9.17) is 0 Å². The average Bonchev–Trinajstić information content (AvgIpc) is 2.00. The van der Waals surface area contributed by atoms with Crippen LogP contribution in [-0.2, 0) is 9.53 Å². The molecule has 0 aromatic carbocycles. The lowest BCUT2D eigenvalue weighted by molar-refractivity contribution is -0.143. The maximum absolute atomic E-state index is 11.1. The van der Waals surface area contributed by atoms with Crippen molar-refractivity contribution in [3.05, 3.63) is 0 Å². The first-order valence-electron chi connectivity index (χ1n) is 4.04. The predicted molar refractivity (Wildman–Crippen MR) is 52.8 cm³/mol. The molecule has 4 nitrogen and oxygen atoms in total. The highest BCUT2D eigenvalue weighted by atomic mass is 32.1. The molecule has 0 aromatic heterocycles. The van der Waals surface area contributed by atoms with Gasteiger partial charge in [-0.1, -0.05) is 26.5 Å². The van der Waals surface area contributed by atoms with E-state index in [1.807, 2.05) is 13.8 Å². The summed E-state index contributed by atoms with van der Waals surface area (Å²) < 4.78 is 4.53. The number of hydrogen-bond donors (Lipinski definition) is 2. The number of ether oxygens (including phenoxy) is 1. The molecule has 1 N–H and O–H groups in total. The van der Waals surface area contributed by atoms with Gasteiger partial charge in [0.2, 0.25) is 0 Å². The Balaban J connectivity index is 4.18. The van der Waals surface area contributed by atoms with Crippen LogP contribution in [0.25, 0.3) is 0 Å². The summed E-state index contributed by atoms with van der Waals surface area (Å²) in [6, 6.07) is -0.588. The van der Waals surface area contributed by atoms with Crippen LogP contribution in [0.5, 0.6) is 0 Å². The summed E-state index contributed by atoms with van der Waals surface area (Å²) in [7, 11) is 1.29. The molecule has 1 atom stereocenters. The molecule has 0 spiro atoms. The molecule has 76 valence electrons. The van der Waals surface area contributed by atoms with Gasteiger partial charge in [0.1, 0.15) is 6.04 Å². The molecule has 1 amide bonds. The van der Waals surface area contributed by atoms with E-state index in [2.05, 4.69) is 22.7 Å². The molecule has 0 aliphatic heterocycles. The van der Waals surface area contributed by atoms with Crippen molar-refractivity contribution in [1.29, 1.82) is 0 Å². The number of nitrogens with one attached hydrogen (secondary N) is 1. The standard InChI is InChI=1S/C8H15NO3S/c1-5(2)4-6(7(10)12-3)9-8(11)13/h5-6H,4H2,1-3H3,(H2,9,11,13). The van der Waals surface area contributed by atoms with Crippen molar-refractivity contribution in [2.75, 3.05) is 7.11 Å². The van der Waals surface area contributed by atoms with Gasteiger partial charge < -0.3 is 10.1 Å². The number of methoxy groups -OCH3 is 1. The third-order valence-corrected chi connectivity index (χ3v) is 1.62. The van der Waals surface area contributed by atoms with Gasteiger partial charge in [-0.15, -0.1) is 0 Å². The lowest BCUT2D eigenvalue weighted by Crippen LogP contribution is -2.40. The van der Waals surface area contributed by atoms with Crippen LogP contribution in [-0.4, -0.2) is 24.4 Å². The Hall–Kier alpha value is -0.710. The average molecular weight is 205 g/mol. The van der Waals surface area contributed by atoms with Gasteiger partial charge in [-0.2, -0.15) is 0 Å². The van der Waals surface area contributed by atoms with Crippen molar-refractivity contribution in [3.63, 3.8) is 0 Å². The first-order chi connectivity index (χ1) is 5.97. The van der Waals surface area contributed by atoms with E-state index >= 15 is 0 Å². The van der Waals surface area contributed by atoms with E-state index in [0.29, 0.717) is 12.3 Å². The number of carbonyl (C=O) groups is 2. The smallest absolute Gasteiger partial charge is 0.328 e. The number of rotatable bonds is 4. The SMILES string of the molecule is COC(=O)C(CC(C)C)NC(=O)S. The van der Waals surface area contributed by atoms with Crippen molar-refractivity contribution < 1.29 is 14.3 Å². The largest absolute Gasteiger partial charge is 0.467 e. The second kappa shape index (κ2) is 5.85. The summed E-state index contributed by atoms with van der Waals surface area (Å²) in [6.45, 7) is 3.92. The summed E-state index contributed by atoms with van der Waals surface area (Å²) >= 11 is 3.54. The van der Waals surface area contributed by atoms with Crippen LogP contribution in [0.3, 0.4) is 0 Å². The molecule has 13 heavy (non-hydrogen) atoms. The number of esters is 1. The van der Waals surface area contributed by atoms with E-state index in [1.54, 1.807) is 0 Å². The lowest BCUT2D eigenvalue weighted by Gasteiger charge is -2.16. The number of carbonyl (C=O) groups excluding carboxylic acids is 2. The molecule has 0 aromatic rings. The topological polar surface area (TPSA) is 55.4 Å². The Morgan fingerprint density at radius 2 is 2.00 bits per heavy atom. The third kappa shape index (κ3) is 5.52. The van der Waals surface area contributed by atoms with E-state index in [-0.39, 0.29) is 0 Å². The van der Waals surface area contributed by atoms with Crippen LogP contribution in [0.2, 0.25) is 0 Å². The first kappa shape index (κ1) is 12.3. The Kier molecular flexibility index (Phi) is 5.53. The molecule has 0 aliphatic rings. The molecular weight excluding hydrogens is 190 g/mol. The van der Waals surface area contributed by atoms with Crippen molar-refractivity contribution in [1.82, 2.24) is 5.32 Å².